The molecular weight excluding hydrogens is 769 g/mol. The predicted molar refractivity (Wildman–Crippen MR) is 263 cm³/mol. The van der Waals surface area contributed by atoms with Gasteiger partial charge in [-0.25, -0.2) is 4.98 Å². The highest BCUT2D eigenvalue weighted by Crippen LogP contribution is 2.63. The summed E-state index contributed by atoms with van der Waals surface area (Å²) >= 11 is 1.90. The minimum Gasteiger partial charge on any atom is -0.294 e. The lowest BCUT2D eigenvalue weighted by atomic mass is 9.54. The van der Waals surface area contributed by atoms with Gasteiger partial charge in [0.05, 0.1) is 22.0 Å². The highest BCUT2D eigenvalue weighted by molar-refractivity contribution is 7.26. The lowest BCUT2D eigenvalue weighted by molar-refractivity contribution is 0.293. The van der Waals surface area contributed by atoms with E-state index in [1.807, 2.05) is 11.3 Å². The number of allylic oxidation sites excluding steroid dienone is 4. The monoisotopic (exact) mass is 808 g/mol. The first-order valence-electron chi connectivity index (χ1n) is 21.6. The maximum Gasteiger partial charge on any atom is 0.138 e. The zero-order chi connectivity index (χ0) is 41.0. The average molecular weight is 809 g/mol. The van der Waals surface area contributed by atoms with Crippen molar-refractivity contribution in [3.8, 4) is 39.2 Å². The van der Waals surface area contributed by atoms with Gasteiger partial charge in [0.15, 0.2) is 0 Å². The van der Waals surface area contributed by atoms with E-state index in [1.54, 1.807) is 0 Å². The van der Waals surface area contributed by atoms with Crippen LogP contribution in [0.5, 0.6) is 0 Å². The molecule has 2 aliphatic carbocycles. The summed E-state index contributed by atoms with van der Waals surface area (Å²) in [5.41, 5.74) is 14.2. The molecule has 0 amide bonds. The Balaban J connectivity index is 1.09. The molecule has 1 unspecified atom stereocenters. The largest absolute Gasteiger partial charge is 0.294 e. The standard InChI is InChI=1S/C59H40N2S/c1-58(34-14-3-15-35-58)59(50-28-10-6-20-41(50)42-21-7-11-29-51(42)59)39-32-33-45-44-23-9-13-31-53(44)61(54(45)36-39)55-37-49(43-22-8-12-30-52(43)60-55)48-27-17-26-47-46-25-16-24-40(56(46)62-57(47)48)38-18-4-2-5-19-38/h2-34,36-37H,35H2,1H3. The Labute approximate surface area is 364 Å². The molecule has 2 aliphatic rings. The van der Waals surface area contributed by atoms with Crippen LogP contribution in [0.4, 0.5) is 0 Å². The van der Waals surface area contributed by atoms with Crippen molar-refractivity contribution in [3.63, 3.8) is 0 Å². The van der Waals surface area contributed by atoms with Crippen molar-refractivity contribution >= 4 is 64.2 Å². The summed E-state index contributed by atoms with van der Waals surface area (Å²) in [6.45, 7) is 2.46. The van der Waals surface area contributed by atoms with Crippen LogP contribution >= 0.6 is 11.3 Å². The van der Waals surface area contributed by atoms with Crippen molar-refractivity contribution in [1.29, 1.82) is 0 Å². The van der Waals surface area contributed by atoms with Crippen molar-refractivity contribution < 1.29 is 0 Å². The maximum atomic E-state index is 5.55. The molecule has 0 bridgehead atoms. The van der Waals surface area contributed by atoms with Gasteiger partial charge in [-0.05, 0) is 75.2 Å². The lowest BCUT2D eigenvalue weighted by Crippen LogP contribution is -2.43. The minimum absolute atomic E-state index is 0.230. The third-order valence-electron chi connectivity index (χ3n) is 14.0. The van der Waals surface area contributed by atoms with Crippen molar-refractivity contribution in [2.45, 2.75) is 18.8 Å². The van der Waals surface area contributed by atoms with Crippen LogP contribution in [0.2, 0.25) is 0 Å². The first-order valence-corrected chi connectivity index (χ1v) is 22.4. The van der Waals surface area contributed by atoms with Crippen LogP contribution in [-0.2, 0) is 5.41 Å². The van der Waals surface area contributed by atoms with E-state index in [1.165, 1.54) is 81.0 Å². The van der Waals surface area contributed by atoms with E-state index in [0.717, 1.165) is 34.2 Å². The van der Waals surface area contributed by atoms with Gasteiger partial charge in [0.1, 0.15) is 5.82 Å². The van der Waals surface area contributed by atoms with Crippen molar-refractivity contribution in [2.75, 3.05) is 0 Å². The van der Waals surface area contributed by atoms with Crippen LogP contribution in [0.25, 0.3) is 92.1 Å². The number of fused-ring (bicyclic) bond motifs is 10. The second kappa shape index (κ2) is 13.3. The van der Waals surface area contributed by atoms with E-state index in [9.17, 15) is 0 Å². The number of benzene rings is 8. The van der Waals surface area contributed by atoms with E-state index in [-0.39, 0.29) is 5.41 Å². The third-order valence-corrected chi connectivity index (χ3v) is 15.3. The summed E-state index contributed by atoms with van der Waals surface area (Å²) in [7, 11) is 0. The van der Waals surface area contributed by atoms with E-state index in [2.05, 4.69) is 224 Å². The normalized spacial score (nSPS) is 16.5. The van der Waals surface area contributed by atoms with Crippen LogP contribution in [0.3, 0.4) is 0 Å². The van der Waals surface area contributed by atoms with Crippen molar-refractivity contribution in [3.05, 3.63) is 229 Å². The Hall–Kier alpha value is -7.33. The van der Waals surface area contributed by atoms with Gasteiger partial charge in [-0.15, -0.1) is 11.3 Å². The molecule has 3 heterocycles. The number of hydrogen-bond donors (Lipinski definition) is 0. The molecule has 3 heteroatoms. The molecule has 0 radical (unpaired) electrons. The maximum absolute atomic E-state index is 5.55. The Morgan fingerprint density at radius 3 is 1.85 bits per heavy atom. The molecule has 62 heavy (non-hydrogen) atoms. The molecule has 0 aliphatic heterocycles. The fraction of sp³-hybridized carbons (Fsp3) is 0.0678. The van der Waals surface area contributed by atoms with Gasteiger partial charge >= 0.3 is 0 Å². The summed E-state index contributed by atoms with van der Waals surface area (Å²) < 4.78 is 5.04. The molecular formula is C59H40N2S. The molecule has 292 valence electrons. The molecule has 0 saturated heterocycles. The molecule has 0 fully saturated rings. The Morgan fingerprint density at radius 1 is 0.484 bits per heavy atom. The van der Waals surface area contributed by atoms with Crippen LogP contribution in [0.15, 0.2) is 212 Å². The SMILES string of the molecule is CC1(C2(c3ccc4c5ccccc5n(-c5cc(-c6cccc7c6sc6c(-c8ccccc8)cccc67)c6ccccc6n5)c4c3)c3ccccc3-c3ccccc32)C=CC=CC1. The van der Waals surface area contributed by atoms with E-state index in [0.29, 0.717) is 0 Å². The van der Waals surface area contributed by atoms with Gasteiger partial charge in [-0.3, -0.25) is 4.57 Å². The summed E-state index contributed by atoms with van der Waals surface area (Å²) in [6, 6.07) is 69.7. The van der Waals surface area contributed by atoms with Crippen LogP contribution in [0.1, 0.15) is 30.0 Å². The number of thiophene rings is 1. The molecule has 13 rings (SSSR count). The Kier molecular flexibility index (Phi) is 7.62. The molecule has 3 aromatic heterocycles. The second-order valence-corrected chi connectivity index (χ2v) is 18.2. The highest BCUT2D eigenvalue weighted by atomic mass is 32.1. The quantitative estimate of drug-likeness (QED) is 0.169. The van der Waals surface area contributed by atoms with Crippen LogP contribution < -0.4 is 0 Å². The van der Waals surface area contributed by atoms with Gasteiger partial charge in [-0.2, -0.15) is 0 Å². The highest BCUT2D eigenvalue weighted by Gasteiger charge is 2.55. The molecule has 1 atom stereocenters. The summed E-state index contributed by atoms with van der Waals surface area (Å²) in [6.07, 6.45) is 10.2. The van der Waals surface area contributed by atoms with Gasteiger partial charge in [0, 0.05) is 47.3 Å². The molecule has 0 N–H and O–H groups in total. The zero-order valence-corrected chi connectivity index (χ0v) is 35.0. The lowest BCUT2D eigenvalue weighted by Gasteiger charge is -2.47. The van der Waals surface area contributed by atoms with Crippen LogP contribution in [0, 0.1) is 5.41 Å². The van der Waals surface area contributed by atoms with Crippen molar-refractivity contribution in [1.82, 2.24) is 9.55 Å². The third kappa shape index (κ3) is 4.83. The minimum atomic E-state index is -0.436. The number of rotatable bonds is 5. The summed E-state index contributed by atoms with van der Waals surface area (Å²) in [4.78, 5) is 5.55. The van der Waals surface area contributed by atoms with Gasteiger partial charge in [-0.1, -0.05) is 195 Å². The number of para-hydroxylation sites is 2. The van der Waals surface area contributed by atoms with Gasteiger partial charge < -0.3 is 0 Å². The van der Waals surface area contributed by atoms with Crippen LogP contribution in [-0.4, -0.2) is 9.55 Å². The fourth-order valence-electron chi connectivity index (χ4n) is 11.3. The topological polar surface area (TPSA) is 17.8 Å². The van der Waals surface area contributed by atoms with Gasteiger partial charge in [0.2, 0.25) is 0 Å². The molecule has 0 spiro atoms. The summed E-state index contributed by atoms with van der Waals surface area (Å²) in [5, 5.41) is 6.17. The van der Waals surface area contributed by atoms with Crippen molar-refractivity contribution in [2.24, 2.45) is 5.41 Å². The summed E-state index contributed by atoms with van der Waals surface area (Å²) in [5.74, 6) is 0.915. The Morgan fingerprint density at radius 2 is 1.10 bits per heavy atom. The number of hydrogen-bond acceptors (Lipinski definition) is 2. The molecule has 0 saturated carbocycles. The molecule has 8 aromatic carbocycles. The average Bonchev–Trinajstić information content (AvgIpc) is 3.98. The number of pyridine rings is 1. The smallest absolute Gasteiger partial charge is 0.138 e. The predicted octanol–water partition coefficient (Wildman–Crippen LogP) is 15.9. The van der Waals surface area contributed by atoms with Gasteiger partial charge in [0.25, 0.3) is 0 Å². The van der Waals surface area contributed by atoms with E-state index < -0.39 is 5.41 Å². The number of aromatic nitrogens is 2. The Bertz CT molecular complexity index is 3650. The first kappa shape index (κ1) is 35.4. The molecule has 11 aromatic rings. The molecule has 2 nitrogen and oxygen atoms in total. The van der Waals surface area contributed by atoms with E-state index >= 15 is 0 Å². The first-order chi connectivity index (χ1) is 30.6. The zero-order valence-electron chi connectivity index (χ0n) is 34.2. The van der Waals surface area contributed by atoms with E-state index in [4.69, 9.17) is 4.98 Å². The number of nitrogens with zero attached hydrogens (tertiary/aromatic N) is 2. The second-order valence-electron chi connectivity index (χ2n) is 17.2. The fourth-order valence-corrected chi connectivity index (χ4v) is 12.7.